The molecule has 1 aliphatic heterocycles. The average Bonchev–Trinajstić information content (AvgIpc) is 2.61. The third kappa shape index (κ3) is 4.99. The second kappa shape index (κ2) is 8.56. The zero-order chi connectivity index (χ0) is 18.5. The Morgan fingerprint density at radius 3 is 2.65 bits per heavy atom. The standard InChI is InChI=1S/C20H23BrN2O3/c1-14(15-7-9-16(21)10-8-15)22-20(24)12-23(2)11-17-13-25-18-5-3-4-6-19(18)26-17/h3-10,14,17H,11-13H2,1-2H3,(H,22,24). The number of carbonyl (C=O) groups excluding carboxylic acids is 1. The summed E-state index contributed by atoms with van der Waals surface area (Å²) in [6.45, 7) is 3.39. The molecular weight excluding hydrogens is 396 g/mol. The van der Waals surface area contributed by atoms with Crippen LogP contribution >= 0.6 is 15.9 Å². The Bertz CT molecular complexity index is 751. The van der Waals surface area contributed by atoms with Crippen LogP contribution < -0.4 is 14.8 Å². The molecular formula is C20H23BrN2O3. The van der Waals surface area contributed by atoms with E-state index in [4.69, 9.17) is 9.47 Å². The summed E-state index contributed by atoms with van der Waals surface area (Å²) in [5.41, 5.74) is 1.07. The van der Waals surface area contributed by atoms with Gasteiger partial charge >= 0.3 is 0 Å². The molecule has 0 spiro atoms. The van der Waals surface area contributed by atoms with E-state index in [0.717, 1.165) is 21.5 Å². The second-order valence-electron chi connectivity index (χ2n) is 6.54. The molecule has 0 aliphatic carbocycles. The summed E-state index contributed by atoms with van der Waals surface area (Å²) in [6, 6.07) is 15.6. The Morgan fingerprint density at radius 2 is 1.92 bits per heavy atom. The molecule has 2 aromatic rings. The van der Waals surface area contributed by atoms with Gasteiger partial charge in [-0.25, -0.2) is 0 Å². The molecule has 2 aromatic carbocycles. The number of hydrogen-bond donors (Lipinski definition) is 1. The van der Waals surface area contributed by atoms with Gasteiger partial charge in [0.2, 0.25) is 5.91 Å². The number of rotatable bonds is 6. The fourth-order valence-electron chi connectivity index (χ4n) is 2.93. The first-order valence-corrected chi connectivity index (χ1v) is 9.42. The first-order valence-electron chi connectivity index (χ1n) is 8.63. The van der Waals surface area contributed by atoms with E-state index >= 15 is 0 Å². The summed E-state index contributed by atoms with van der Waals surface area (Å²) in [4.78, 5) is 14.3. The molecule has 0 bridgehead atoms. The molecule has 1 aliphatic rings. The van der Waals surface area contributed by atoms with Crippen LogP contribution in [0.25, 0.3) is 0 Å². The Balaban J connectivity index is 1.46. The Morgan fingerprint density at radius 1 is 1.23 bits per heavy atom. The molecule has 3 rings (SSSR count). The van der Waals surface area contributed by atoms with Crippen LogP contribution in [-0.2, 0) is 4.79 Å². The van der Waals surface area contributed by atoms with E-state index in [-0.39, 0.29) is 18.1 Å². The maximum atomic E-state index is 12.3. The minimum atomic E-state index is -0.0911. The van der Waals surface area contributed by atoms with E-state index in [0.29, 0.717) is 19.7 Å². The third-order valence-electron chi connectivity index (χ3n) is 4.24. The molecule has 0 aromatic heterocycles. The van der Waals surface area contributed by atoms with Gasteiger partial charge in [-0.2, -0.15) is 0 Å². The maximum Gasteiger partial charge on any atom is 0.234 e. The highest BCUT2D eigenvalue weighted by Crippen LogP contribution is 2.30. The highest BCUT2D eigenvalue weighted by atomic mass is 79.9. The van der Waals surface area contributed by atoms with Crippen molar-refractivity contribution in [2.75, 3.05) is 26.7 Å². The third-order valence-corrected chi connectivity index (χ3v) is 4.77. The van der Waals surface area contributed by atoms with Crippen molar-refractivity contribution in [3.63, 3.8) is 0 Å². The van der Waals surface area contributed by atoms with Gasteiger partial charge in [-0.15, -0.1) is 0 Å². The summed E-state index contributed by atoms with van der Waals surface area (Å²) < 4.78 is 12.7. The van der Waals surface area contributed by atoms with Crippen molar-refractivity contribution in [2.24, 2.45) is 0 Å². The molecule has 6 heteroatoms. The summed E-state index contributed by atoms with van der Waals surface area (Å²) in [5, 5.41) is 3.03. The van der Waals surface area contributed by atoms with E-state index in [2.05, 4.69) is 21.2 Å². The fraction of sp³-hybridized carbons (Fsp3) is 0.350. The van der Waals surface area contributed by atoms with Crippen molar-refractivity contribution in [1.82, 2.24) is 10.2 Å². The van der Waals surface area contributed by atoms with E-state index in [1.54, 1.807) is 0 Å². The van der Waals surface area contributed by atoms with Crippen LogP contribution in [0.2, 0.25) is 0 Å². The number of para-hydroxylation sites is 2. The minimum Gasteiger partial charge on any atom is -0.486 e. The van der Waals surface area contributed by atoms with Gasteiger partial charge in [0.15, 0.2) is 11.5 Å². The number of ether oxygens (including phenoxy) is 2. The first kappa shape index (κ1) is 18.7. The summed E-state index contributed by atoms with van der Waals surface area (Å²) in [6.07, 6.45) is -0.0911. The van der Waals surface area contributed by atoms with Crippen LogP contribution in [0.1, 0.15) is 18.5 Å². The quantitative estimate of drug-likeness (QED) is 0.780. The van der Waals surface area contributed by atoms with Crippen LogP contribution in [0, 0.1) is 0 Å². The van der Waals surface area contributed by atoms with Crippen LogP contribution in [0.15, 0.2) is 53.0 Å². The molecule has 0 saturated heterocycles. The lowest BCUT2D eigenvalue weighted by Crippen LogP contribution is -2.43. The van der Waals surface area contributed by atoms with Crippen molar-refractivity contribution < 1.29 is 14.3 Å². The van der Waals surface area contributed by atoms with Gasteiger partial charge in [0.05, 0.1) is 12.6 Å². The summed E-state index contributed by atoms with van der Waals surface area (Å²) in [5.74, 6) is 1.51. The number of fused-ring (bicyclic) bond motifs is 1. The normalized spacial score (nSPS) is 17.0. The molecule has 26 heavy (non-hydrogen) atoms. The zero-order valence-electron chi connectivity index (χ0n) is 14.9. The number of carbonyl (C=O) groups is 1. The first-order chi connectivity index (χ1) is 12.5. The number of likely N-dealkylation sites (N-methyl/N-ethyl adjacent to an activating group) is 1. The van der Waals surface area contributed by atoms with Crippen molar-refractivity contribution in [3.8, 4) is 11.5 Å². The second-order valence-corrected chi connectivity index (χ2v) is 7.45. The van der Waals surface area contributed by atoms with Gasteiger partial charge in [0.25, 0.3) is 0 Å². The highest BCUT2D eigenvalue weighted by Gasteiger charge is 2.22. The predicted octanol–water partition coefficient (Wildman–Crippen LogP) is 3.40. The van der Waals surface area contributed by atoms with E-state index in [9.17, 15) is 4.79 Å². The average molecular weight is 419 g/mol. The maximum absolute atomic E-state index is 12.3. The summed E-state index contributed by atoms with van der Waals surface area (Å²) >= 11 is 3.42. The lowest BCUT2D eigenvalue weighted by molar-refractivity contribution is -0.122. The molecule has 1 amide bonds. The van der Waals surface area contributed by atoms with Crippen molar-refractivity contribution in [1.29, 1.82) is 0 Å². The highest BCUT2D eigenvalue weighted by molar-refractivity contribution is 9.10. The number of nitrogens with one attached hydrogen (secondary N) is 1. The Labute approximate surface area is 162 Å². The van der Waals surface area contributed by atoms with Gasteiger partial charge in [0.1, 0.15) is 12.7 Å². The SMILES string of the molecule is CC(NC(=O)CN(C)CC1COc2ccccc2O1)c1ccc(Br)cc1. The molecule has 0 radical (unpaired) electrons. The predicted molar refractivity (Wildman–Crippen MR) is 105 cm³/mol. The minimum absolute atomic E-state index is 0.0138. The largest absolute Gasteiger partial charge is 0.486 e. The lowest BCUT2D eigenvalue weighted by atomic mass is 10.1. The molecule has 2 unspecified atom stereocenters. The van der Waals surface area contributed by atoms with Crippen molar-refractivity contribution in [2.45, 2.75) is 19.1 Å². The number of benzene rings is 2. The van der Waals surface area contributed by atoms with E-state index < -0.39 is 0 Å². The van der Waals surface area contributed by atoms with Gasteiger partial charge < -0.3 is 14.8 Å². The van der Waals surface area contributed by atoms with Crippen molar-refractivity contribution in [3.05, 3.63) is 58.6 Å². The zero-order valence-corrected chi connectivity index (χ0v) is 16.5. The number of halogens is 1. The van der Waals surface area contributed by atoms with Crippen LogP contribution in [-0.4, -0.2) is 43.7 Å². The molecule has 2 atom stereocenters. The number of hydrogen-bond acceptors (Lipinski definition) is 4. The van der Waals surface area contributed by atoms with E-state index in [1.807, 2.05) is 67.4 Å². The number of amides is 1. The van der Waals surface area contributed by atoms with Gasteiger partial charge in [-0.05, 0) is 43.8 Å². The molecule has 5 nitrogen and oxygen atoms in total. The van der Waals surface area contributed by atoms with E-state index in [1.165, 1.54) is 0 Å². The molecule has 0 saturated carbocycles. The Kier molecular flexibility index (Phi) is 6.16. The molecule has 138 valence electrons. The van der Waals surface area contributed by atoms with Crippen LogP contribution in [0.4, 0.5) is 0 Å². The fourth-order valence-corrected chi connectivity index (χ4v) is 3.20. The topological polar surface area (TPSA) is 50.8 Å². The van der Waals surface area contributed by atoms with Gasteiger partial charge in [0, 0.05) is 11.0 Å². The number of nitrogens with zero attached hydrogens (tertiary/aromatic N) is 1. The summed E-state index contributed by atoms with van der Waals surface area (Å²) in [7, 11) is 1.91. The lowest BCUT2D eigenvalue weighted by Gasteiger charge is -2.29. The van der Waals surface area contributed by atoms with Gasteiger partial charge in [-0.3, -0.25) is 9.69 Å². The van der Waals surface area contributed by atoms with Crippen LogP contribution in [0.5, 0.6) is 11.5 Å². The molecule has 1 N–H and O–H groups in total. The van der Waals surface area contributed by atoms with Crippen molar-refractivity contribution >= 4 is 21.8 Å². The monoisotopic (exact) mass is 418 g/mol. The Hall–Kier alpha value is -2.05. The smallest absolute Gasteiger partial charge is 0.234 e. The van der Waals surface area contributed by atoms with Gasteiger partial charge in [-0.1, -0.05) is 40.2 Å². The molecule has 0 fully saturated rings. The van der Waals surface area contributed by atoms with Crippen LogP contribution in [0.3, 0.4) is 0 Å². The molecule has 1 heterocycles.